The Morgan fingerprint density at radius 1 is 1.32 bits per heavy atom. The molecule has 1 aromatic heterocycles. The van der Waals surface area contributed by atoms with Gasteiger partial charge in [-0.2, -0.15) is 0 Å². The van der Waals surface area contributed by atoms with Crippen LogP contribution in [0.2, 0.25) is 0 Å². The lowest BCUT2D eigenvalue weighted by Gasteiger charge is -2.19. The maximum atomic E-state index is 13.8. The van der Waals surface area contributed by atoms with Crippen molar-refractivity contribution in [3.8, 4) is 0 Å². The van der Waals surface area contributed by atoms with Gasteiger partial charge in [-0.25, -0.2) is 14.2 Å². The number of pyridine rings is 1. The molecule has 1 heterocycles. The van der Waals surface area contributed by atoms with Gasteiger partial charge in [0.15, 0.2) is 0 Å². The summed E-state index contributed by atoms with van der Waals surface area (Å²) in [6, 6.07) is 6.32. The fraction of sp³-hybridized carbons (Fsp3) is 0.214. The van der Waals surface area contributed by atoms with Crippen molar-refractivity contribution < 1.29 is 8.78 Å². The van der Waals surface area contributed by atoms with Crippen LogP contribution in [-0.2, 0) is 6.42 Å². The normalized spacial score (nSPS) is 12.4. The number of nitrogens with one attached hydrogen (secondary N) is 1. The molecule has 0 saturated carbocycles. The maximum Gasteiger partial charge on any atom is 0.128 e. The van der Waals surface area contributed by atoms with Crippen molar-refractivity contribution in [1.29, 1.82) is 0 Å². The van der Waals surface area contributed by atoms with E-state index in [0.717, 1.165) is 30.2 Å². The first kappa shape index (κ1) is 13.6. The van der Waals surface area contributed by atoms with Crippen LogP contribution in [0.5, 0.6) is 0 Å². The zero-order valence-corrected chi connectivity index (χ0v) is 10.5. The Hall–Kier alpha value is -1.85. The van der Waals surface area contributed by atoms with Crippen LogP contribution in [0, 0.1) is 11.6 Å². The van der Waals surface area contributed by atoms with Crippen LogP contribution in [0.3, 0.4) is 0 Å². The fourth-order valence-corrected chi connectivity index (χ4v) is 2.06. The monoisotopic (exact) mass is 263 g/mol. The van der Waals surface area contributed by atoms with E-state index in [4.69, 9.17) is 5.84 Å². The zero-order valence-electron chi connectivity index (χ0n) is 10.5. The van der Waals surface area contributed by atoms with E-state index in [9.17, 15) is 8.78 Å². The van der Waals surface area contributed by atoms with Gasteiger partial charge in [0.05, 0.1) is 11.7 Å². The van der Waals surface area contributed by atoms with E-state index in [0.29, 0.717) is 5.69 Å². The lowest BCUT2D eigenvalue weighted by atomic mass is 9.98. The van der Waals surface area contributed by atoms with Crippen LogP contribution >= 0.6 is 0 Å². The molecule has 100 valence electrons. The van der Waals surface area contributed by atoms with E-state index in [1.165, 1.54) is 0 Å². The third kappa shape index (κ3) is 2.77. The Kier molecular flexibility index (Phi) is 4.19. The van der Waals surface area contributed by atoms with Crippen LogP contribution in [0.25, 0.3) is 0 Å². The highest BCUT2D eigenvalue weighted by atomic mass is 19.1. The van der Waals surface area contributed by atoms with Gasteiger partial charge in [0.2, 0.25) is 0 Å². The van der Waals surface area contributed by atoms with Gasteiger partial charge in [-0.1, -0.05) is 13.0 Å². The van der Waals surface area contributed by atoms with Crippen molar-refractivity contribution in [2.45, 2.75) is 19.4 Å². The number of hydrogen-bond donors (Lipinski definition) is 2. The fourth-order valence-electron chi connectivity index (χ4n) is 2.06. The number of benzene rings is 1. The van der Waals surface area contributed by atoms with Gasteiger partial charge < -0.3 is 0 Å². The van der Waals surface area contributed by atoms with Crippen molar-refractivity contribution in [3.05, 3.63) is 65.0 Å². The van der Waals surface area contributed by atoms with E-state index in [-0.39, 0.29) is 5.56 Å². The van der Waals surface area contributed by atoms with Crippen molar-refractivity contribution in [3.63, 3.8) is 0 Å². The molecule has 3 nitrogen and oxygen atoms in total. The molecule has 2 rings (SSSR count). The quantitative estimate of drug-likeness (QED) is 0.658. The summed E-state index contributed by atoms with van der Waals surface area (Å²) in [6.07, 6.45) is 2.34. The lowest BCUT2D eigenvalue weighted by molar-refractivity contribution is 0.537. The molecule has 5 heteroatoms. The second kappa shape index (κ2) is 5.86. The molecule has 1 unspecified atom stereocenters. The summed E-state index contributed by atoms with van der Waals surface area (Å²) in [6.45, 7) is 1.97. The average Bonchev–Trinajstić information content (AvgIpc) is 2.44. The molecule has 2 aromatic rings. The number of aromatic nitrogens is 1. The lowest BCUT2D eigenvalue weighted by Crippen LogP contribution is -2.31. The average molecular weight is 263 g/mol. The summed E-state index contributed by atoms with van der Waals surface area (Å²) in [4.78, 5) is 4.24. The number of hydrazine groups is 1. The van der Waals surface area contributed by atoms with E-state index >= 15 is 0 Å². The van der Waals surface area contributed by atoms with Crippen LogP contribution in [0.1, 0.15) is 29.8 Å². The number of aryl methyl sites for hydroxylation is 1. The molecular formula is C14H15F2N3. The van der Waals surface area contributed by atoms with Crippen molar-refractivity contribution in [2.75, 3.05) is 0 Å². The number of rotatable bonds is 4. The van der Waals surface area contributed by atoms with Gasteiger partial charge in [0.1, 0.15) is 11.6 Å². The molecule has 1 atom stereocenters. The topological polar surface area (TPSA) is 50.9 Å². The van der Waals surface area contributed by atoms with Crippen LogP contribution in [0.15, 0.2) is 36.5 Å². The molecule has 0 bridgehead atoms. The first-order chi connectivity index (χ1) is 9.17. The summed E-state index contributed by atoms with van der Waals surface area (Å²) in [7, 11) is 0. The molecule has 1 aromatic carbocycles. The molecule has 19 heavy (non-hydrogen) atoms. The van der Waals surface area contributed by atoms with Crippen LogP contribution in [-0.4, -0.2) is 4.98 Å². The Morgan fingerprint density at radius 2 is 2.11 bits per heavy atom. The van der Waals surface area contributed by atoms with Crippen molar-refractivity contribution in [1.82, 2.24) is 10.4 Å². The SMILES string of the molecule is CCc1cccnc1C(NN)c1cc(F)ccc1F. The minimum Gasteiger partial charge on any atom is -0.271 e. The van der Waals surface area contributed by atoms with Crippen molar-refractivity contribution >= 4 is 0 Å². The van der Waals surface area contributed by atoms with Gasteiger partial charge in [0, 0.05) is 11.8 Å². The number of nitrogens with two attached hydrogens (primary N) is 1. The largest absolute Gasteiger partial charge is 0.271 e. The summed E-state index contributed by atoms with van der Waals surface area (Å²) in [5.74, 6) is 4.47. The highest BCUT2D eigenvalue weighted by Crippen LogP contribution is 2.25. The highest BCUT2D eigenvalue weighted by Gasteiger charge is 2.20. The molecule has 0 aliphatic rings. The van der Waals surface area contributed by atoms with E-state index in [2.05, 4.69) is 10.4 Å². The van der Waals surface area contributed by atoms with Gasteiger partial charge in [-0.05, 0) is 36.2 Å². The molecule has 0 fully saturated rings. The van der Waals surface area contributed by atoms with E-state index in [1.54, 1.807) is 12.3 Å². The molecule has 0 spiro atoms. The smallest absolute Gasteiger partial charge is 0.128 e. The molecule has 0 radical (unpaired) electrons. The summed E-state index contributed by atoms with van der Waals surface area (Å²) in [5.41, 5.74) is 4.20. The Bertz CT molecular complexity index is 572. The second-order valence-electron chi connectivity index (χ2n) is 4.17. The molecule has 0 aliphatic carbocycles. The second-order valence-corrected chi connectivity index (χ2v) is 4.17. The zero-order chi connectivity index (χ0) is 13.8. The van der Waals surface area contributed by atoms with E-state index < -0.39 is 17.7 Å². The highest BCUT2D eigenvalue weighted by molar-refractivity contribution is 5.33. The molecule has 3 N–H and O–H groups in total. The summed E-state index contributed by atoms with van der Waals surface area (Å²) < 4.78 is 27.1. The minimum atomic E-state index is -0.674. The molecule has 0 saturated heterocycles. The van der Waals surface area contributed by atoms with Crippen molar-refractivity contribution in [2.24, 2.45) is 5.84 Å². The Labute approximate surface area is 110 Å². The van der Waals surface area contributed by atoms with Gasteiger partial charge in [0.25, 0.3) is 0 Å². The third-order valence-electron chi connectivity index (χ3n) is 3.02. The van der Waals surface area contributed by atoms with Gasteiger partial charge >= 0.3 is 0 Å². The number of halogens is 2. The maximum absolute atomic E-state index is 13.8. The Balaban J connectivity index is 2.53. The third-order valence-corrected chi connectivity index (χ3v) is 3.02. The van der Waals surface area contributed by atoms with Gasteiger partial charge in [-0.15, -0.1) is 0 Å². The predicted octanol–water partition coefficient (Wildman–Crippen LogP) is 2.47. The van der Waals surface area contributed by atoms with Crippen LogP contribution < -0.4 is 11.3 Å². The summed E-state index contributed by atoms with van der Waals surface area (Å²) >= 11 is 0. The molecular weight excluding hydrogens is 248 g/mol. The minimum absolute atomic E-state index is 0.149. The molecule has 0 aliphatic heterocycles. The Morgan fingerprint density at radius 3 is 2.79 bits per heavy atom. The summed E-state index contributed by atoms with van der Waals surface area (Å²) in [5, 5.41) is 0. The van der Waals surface area contributed by atoms with Crippen LogP contribution in [0.4, 0.5) is 8.78 Å². The standard InChI is InChI=1S/C14H15F2N3/c1-2-9-4-3-7-18-13(9)14(19-17)11-8-10(15)5-6-12(11)16/h3-8,14,19H,2,17H2,1H3. The molecule has 0 amide bonds. The number of hydrogen-bond acceptors (Lipinski definition) is 3. The predicted molar refractivity (Wildman–Crippen MR) is 69.1 cm³/mol. The number of nitrogens with zero attached hydrogens (tertiary/aromatic N) is 1. The first-order valence-corrected chi connectivity index (χ1v) is 6.02. The van der Waals surface area contributed by atoms with E-state index in [1.807, 2.05) is 13.0 Å². The first-order valence-electron chi connectivity index (χ1n) is 6.02. The van der Waals surface area contributed by atoms with Gasteiger partial charge in [-0.3, -0.25) is 10.8 Å².